The molecule has 3 fully saturated rings. The van der Waals surface area contributed by atoms with E-state index >= 15 is 0 Å². The number of thiol groups is 1. The molecule has 0 heterocycles. The SMILES string of the molecule is CCC(=O)O[C@@]1(C(=O)S)[C@H](C)CC2C3CCC4=CC(=O)C=CC4(C)C3C(O)CC21C. The van der Waals surface area contributed by atoms with E-state index in [9.17, 15) is 19.5 Å². The van der Waals surface area contributed by atoms with Crippen LogP contribution in [0.2, 0.25) is 0 Å². The highest BCUT2D eigenvalue weighted by atomic mass is 32.1. The Morgan fingerprint density at radius 1 is 1.33 bits per heavy atom. The van der Waals surface area contributed by atoms with Gasteiger partial charge in [0, 0.05) is 29.1 Å². The lowest BCUT2D eigenvalue weighted by Gasteiger charge is -2.59. The minimum atomic E-state index is -1.32. The van der Waals surface area contributed by atoms with Gasteiger partial charge in [-0.3, -0.25) is 14.4 Å². The molecule has 30 heavy (non-hydrogen) atoms. The Hall–Kier alpha value is -1.40. The summed E-state index contributed by atoms with van der Waals surface area (Å²) < 4.78 is 5.92. The number of ketones is 1. The largest absolute Gasteiger partial charge is 0.449 e. The van der Waals surface area contributed by atoms with Gasteiger partial charge >= 0.3 is 5.97 Å². The van der Waals surface area contributed by atoms with Crippen molar-refractivity contribution in [1.29, 1.82) is 0 Å². The van der Waals surface area contributed by atoms with Crippen LogP contribution in [-0.2, 0) is 19.1 Å². The summed E-state index contributed by atoms with van der Waals surface area (Å²) in [7, 11) is 0. The summed E-state index contributed by atoms with van der Waals surface area (Å²) in [5.41, 5.74) is -1.27. The van der Waals surface area contributed by atoms with Gasteiger partial charge in [-0.1, -0.05) is 39.3 Å². The number of ether oxygens (including phenoxy) is 1. The van der Waals surface area contributed by atoms with Crippen LogP contribution in [0.5, 0.6) is 0 Å². The average Bonchev–Trinajstić information content (AvgIpc) is 2.89. The number of carbonyl (C=O) groups is 3. The predicted octanol–water partition coefficient (Wildman–Crippen LogP) is 3.66. The molecule has 4 rings (SSSR count). The molecule has 1 N–H and O–H groups in total. The number of rotatable bonds is 3. The van der Waals surface area contributed by atoms with Crippen molar-refractivity contribution in [2.75, 3.05) is 0 Å². The maximum absolute atomic E-state index is 12.9. The Bertz CT molecular complexity index is 862. The molecular weight excluding hydrogens is 400 g/mol. The van der Waals surface area contributed by atoms with Gasteiger partial charge in [-0.15, -0.1) is 12.6 Å². The van der Waals surface area contributed by atoms with Crippen LogP contribution in [0, 0.1) is 34.5 Å². The lowest BCUT2D eigenvalue weighted by molar-refractivity contribution is -0.199. The number of hydrogen-bond donors (Lipinski definition) is 2. The molecule has 164 valence electrons. The van der Waals surface area contributed by atoms with Crippen molar-refractivity contribution in [2.24, 2.45) is 34.5 Å². The van der Waals surface area contributed by atoms with Gasteiger partial charge in [-0.25, -0.2) is 0 Å². The van der Waals surface area contributed by atoms with Gasteiger partial charge in [0.1, 0.15) is 0 Å². The second-order valence-electron chi connectivity index (χ2n) is 10.2. The molecule has 6 unspecified atom stereocenters. The third-order valence-corrected chi connectivity index (χ3v) is 9.25. The summed E-state index contributed by atoms with van der Waals surface area (Å²) >= 11 is 4.22. The number of aliphatic hydroxyl groups excluding tert-OH is 1. The number of carbonyl (C=O) groups excluding carboxylic acids is 3. The quantitative estimate of drug-likeness (QED) is 0.525. The third kappa shape index (κ3) is 2.68. The number of hydrogen-bond acceptors (Lipinski definition) is 5. The first-order valence-corrected chi connectivity index (χ1v) is 11.5. The zero-order valence-electron chi connectivity index (χ0n) is 18.2. The van der Waals surface area contributed by atoms with Gasteiger partial charge in [0.05, 0.1) is 6.10 Å². The molecule has 0 aliphatic heterocycles. The Kier molecular flexibility index (Phi) is 5.13. The van der Waals surface area contributed by atoms with Crippen molar-refractivity contribution >= 4 is 29.5 Å². The van der Waals surface area contributed by atoms with E-state index in [0.29, 0.717) is 6.42 Å². The highest BCUT2D eigenvalue weighted by Gasteiger charge is 2.72. The maximum Gasteiger partial charge on any atom is 0.306 e. The molecule has 4 aliphatic carbocycles. The Morgan fingerprint density at radius 2 is 2.03 bits per heavy atom. The van der Waals surface area contributed by atoms with Crippen molar-refractivity contribution < 1.29 is 24.2 Å². The molecule has 0 aromatic rings. The monoisotopic (exact) mass is 432 g/mol. The Balaban J connectivity index is 1.79. The smallest absolute Gasteiger partial charge is 0.306 e. The van der Waals surface area contributed by atoms with E-state index < -0.39 is 28.2 Å². The first-order valence-electron chi connectivity index (χ1n) is 11.1. The van der Waals surface area contributed by atoms with Crippen LogP contribution in [0.1, 0.15) is 59.8 Å². The van der Waals surface area contributed by atoms with E-state index in [1.54, 1.807) is 19.1 Å². The number of allylic oxidation sites excluding steroid dienone is 4. The fourth-order valence-corrected chi connectivity index (χ4v) is 8.13. The average molecular weight is 433 g/mol. The minimum Gasteiger partial charge on any atom is -0.449 e. The number of aliphatic hydroxyl groups is 1. The van der Waals surface area contributed by atoms with Crippen LogP contribution in [0.3, 0.4) is 0 Å². The van der Waals surface area contributed by atoms with Crippen molar-refractivity contribution in [2.45, 2.75) is 71.5 Å². The van der Waals surface area contributed by atoms with E-state index in [1.165, 1.54) is 0 Å². The van der Waals surface area contributed by atoms with Crippen LogP contribution in [-0.4, -0.2) is 33.7 Å². The summed E-state index contributed by atoms with van der Waals surface area (Å²) in [6.45, 7) is 7.82. The van der Waals surface area contributed by atoms with Crippen LogP contribution in [0.15, 0.2) is 23.8 Å². The van der Waals surface area contributed by atoms with Crippen LogP contribution < -0.4 is 0 Å². The van der Waals surface area contributed by atoms with Gasteiger partial charge in [0.15, 0.2) is 11.4 Å². The highest BCUT2D eigenvalue weighted by molar-refractivity contribution is 7.96. The van der Waals surface area contributed by atoms with E-state index in [4.69, 9.17) is 4.74 Å². The molecule has 0 spiro atoms. The van der Waals surface area contributed by atoms with Crippen molar-refractivity contribution in [3.63, 3.8) is 0 Å². The fourth-order valence-electron chi connectivity index (χ4n) is 7.61. The van der Waals surface area contributed by atoms with Crippen LogP contribution in [0.25, 0.3) is 0 Å². The summed E-state index contributed by atoms with van der Waals surface area (Å²) in [5, 5.41) is 11.0. The minimum absolute atomic E-state index is 0.0108. The molecule has 6 heteroatoms. The molecule has 0 aromatic carbocycles. The topological polar surface area (TPSA) is 80.7 Å². The first-order chi connectivity index (χ1) is 14.0. The molecule has 4 aliphatic rings. The van der Waals surface area contributed by atoms with Crippen molar-refractivity contribution in [3.8, 4) is 0 Å². The van der Waals surface area contributed by atoms with Gasteiger partial charge < -0.3 is 9.84 Å². The lowest BCUT2D eigenvalue weighted by Crippen LogP contribution is -2.63. The lowest BCUT2D eigenvalue weighted by atomic mass is 9.46. The van der Waals surface area contributed by atoms with E-state index in [0.717, 1.165) is 24.8 Å². The van der Waals surface area contributed by atoms with E-state index in [1.807, 2.05) is 19.9 Å². The molecule has 8 atom stereocenters. The molecule has 3 saturated carbocycles. The molecule has 0 radical (unpaired) electrons. The molecule has 0 saturated heterocycles. The van der Waals surface area contributed by atoms with Crippen LogP contribution in [0.4, 0.5) is 0 Å². The number of fused-ring (bicyclic) bond motifs is 5. The maximum atomic E-state index is 12.9. The van der Waals surface area contributed by atoms with Gasteiger partial charge in [0.2, 0.25) is 5.12 Å². The Labute approximate surface area is 183 Å². The van der Waals surface area contributed by atoms with E-state index in [-0.39, 0.29) is 41.3 Å². The molecule has 0 amide bonds. The van der Waals surface area contributed by atoms with Crippen molar-refractivity contribution in [1.82, 2.24) is 0 Å². The normalized spacial score (nSPS) is 47.1. The third-order valence-electron chi connectivity index (χ3n) is 8.92. The standard InChI is InChI=1S/C24H32O5S/c1-5-19(27)29-24(21(28)30)13(2)10-17-16-7-6-14-11-15(25)8-9-22(14,3)20(16)18(26)12-23(17,24)4/h8-9,11,13,16-18,20,26H,5-7,10,12H2,1-4H3,(H,28,30)/t13-,16?,17?,18?,20?,22?,23?,24-/m1/s1. The van der Waals surface area contributed by atoms with Crippen LogP contribution >= 0.6 is 12.6 Å². The predicted molar refractivity (Wildman–Crippen MR) is 116 cm³/mol. The van der Waals surface area contributed by atoms with E-state index in [2.05, 4.69) is 19.6 Å². The van der Waals surface area contributed by atoms with Gasteiger partial charge in [-0.05, 0) is 49.7 Å². The fraction of sp³-hybridized carbons (Fsp3) is 0.708. The zero-order chi connectivity index (χ0) is 22.1. The zero-order valence-corrected chi connectivity index (χ0v) is 19.1. The van der Waals surface area contributed by atoms with Gasteiger partial charge in [-0.2, -0.15) is 0 Å². The molecule has 0 bridgehead atoms. The summed E-state index contributed by atoms with van der Waals surface area (Å²) in [4.78, 5) is 37.2. The number of esters is 1. The first kappa shape index (κ1) is 21.8. The summed E-state index contributed by atoms with van der Waals surface area (Å²) in [5.74, 6) is -0.289. The second-order valence-corrected chi connectivity index (χ2v) is 10.6. The summed E-state index contributed by atoms with van der Waals surface area (Å²) in [6, 6.07) is 0. The highest BCUT2D eigenvalue weighted by Crippen LogP contribution is 2.69. The second kappa shape index (κ2) is 7.06. The summed E-state index contributed by atoms with van der Waals surface area (Å²) in [6.07, 6.45) is 7.64. The van der Waals surface area contributed by atoms with Crippen molar-refractivity contribution in [3.05, 3.63) is 23.8 Å². The molecule has 5 nitrogen and oxygen atoms in total. The molecule has 0 aromatic heterocycles. The Morgan fingerprint density at radius 3 is 2.67 bits per heavy atom. The van der Waals surface area contributed by atoms with Gasteiger partial charge in [0.25, 0.3) is 0 Å². The molecular formula is C24H32O5S.